The van der Waals surface area contributed by atoms with Crippen molar-refractivity contribution in [2.45, 2.75) is 18.5 Å². The summed E-state index contributed by atoms with van der Waals surface area (Å²) in [4.78, 5) is 0. The first kappa shape index (κ1) is 10.0. The maximum Gasteiger partial charge on any atom is 0.281 e. The monoisotopic (exact) mass is 175 g/mol. The van der Waals surface area contributed by atoms with E-state index in [4.69, 9.17) is 0 Å². The lowest BCUT2D eigenvalue weighted by atomic mass is 10.1. The Morgan fingerprint density at radius 1 is 1.40 bits per heavy atom. The second kappa shape index (κ2) is 3.44. The van der Waals surface area contributed by atoms with E-state index >= 15 is 0 Å². The molecule has 1 fully saturated rings. The lowest BCUT2D eigenvalue weighted by Gasteiger charge is -2.25. The van der Waals surface area contributed by atoms with Crippen molar-refractivity contribution in [3.05, 3.63) is 0 Å². The zero-order valence-electron chi connectivity index (χ0n) is 5.24. The second-order valence-electron chi connectivity index (χ2n) is 2.18. The van der Waals surface area contributed by atoms with Crippen molar-refractivity contribution in [2.75, 3.05) is 13.1 Å². The van der Waals surface area contributed by atoms with Crippen LogP contribution in [-0.2, 0) is 0 Å². The van der Waals surface area contributed by atoms with Crippen molar-refractivity contribution >= 4 is 12.4 Å². The quantitative estimate of drug-likeness (QED) is 0.587. The molecule has 0 amide bonds. The van der Waals surface area contributed by atoms with Gasteiger partial charge < -0.3 is 5.32 Å². The van der Waals surface area contributed by atoms with Crippen LogP contribution in [0.4, 0.5) is 13.2 Å². The number of alkyl halides is 3. The van der Waals surface area contributed by atoms with E-state index in [1.54, 1.807) is 0 Å². The molecule has 1 N–H and O–H groups in total. The van der Waals surface area contributed by atoms with Gasteiger partial charge in [-0.25, -0.2) is 13.2 Å². The summed E-state index contributed by atoms with van der Waals surface area (Å²) in [6.07, 6.45) is -2.38. The van der Waals surface area contributed by atoms with Crippen LogP contribution in [0.3, 0.4) is 0 Å². The average molecular weight is 176 g/mol. The van der Waals surface area contributed by atoms with Crippen LogP contribution in [0.25, 0.3) is 0 Å². The Balaban J connectivity index is 0.000000810. The fraction of sp³-hybridized carbons (Fsp3) is 1.00. The van der Waals surface area contributed by atoms with Gasteiger partial charge in [-0.15, -0.1) is 12.4 Å². The molecule has 0 aromatic heterocycles. The Hall–Kier alpha value is 0.0400. The smallest absolute Gasteiger partial charge is 0.281 e. The lowest BCUT2D eigenvalue weighted by Crippen LogP contribution is -2.46. The van der Waals surface area contributed by atoms with Crippen LogP contribution in [0.15, 0.2) is 0 Å². The van der Waals surface area contributed by atoms with Crippen molar-refractivity contribution in [1.29, 1.82) is 0 Å². The summed E-state index contributed by atoms with van der Waals surface area (Å²) in [6, 6.07) is 0. The minimum atomic E-state index is -3.09. The molecule has 1 rings (SSSR count). The van der Waals surface area contributed by atoms with Gasteiger partial charge in [-0.05, 0) is 0 Å². The van der Waals surface area contributed by atoms with E-state index in [9.17, 15) is 13.2 Å². The summed E-state index contributed by atoms with van der Waals surface area (Å²) in [6.45, 7) is 0.000417. The number of hydrogen-bond acceptors (Lipinski definition) is 1. The zero-order valence-corrected chi connectivity index (χ0v) is 6.06. The van der Waals surface area contributed by atoms with Crippen molar-refractivity contribution in [3.8, 4) is 0 Å². The molecule has 1 aliphatic rings. The molecule has 5 heteroatoms. The summed E-state index contributed by atoms with van der Waals surface area (Å²) < 4.78 is 36.5. The van der Waals surface area contributed by atoms with Gasteiger partial charge in [0.1, 0.15) is 0 Å². The molecule has 0 bridgehead atoms. The molecule has 0 aliphatic carbocycles. The Morgan fingerprint density at radius 2 is 2.00 bits per heavy atom. The van der Waals surface area contributed by atoms with Gasteiger partial charge in [-0.3, -0.25) is 0 Å². The highest BCUT2D eigenvalue weighted by molar-refractivity contribution is 5.85. The topological polar surface area (TPSA) is 12.0 Å². The van der Waals surface area contributed by atoms with E-state index in [1.807, 2.05) is 0 Å². The van der Waals surface area contributed by atoms with E-state index in [1.165, 1.54) is 0 Å². The molecule has 1 atom stereocenters. The van der Waals surface area contributed by atoms with E-state index in [0.29, 0.717) is 0 Å². The molecule has 62 valence electrons. The van der Waals surface area contributed by atoms with Crippen LogP contribution in [0.5, 0.6) is 0 Å². The maximum absolute atomic E-state index is 12.2. The minimum Gasteiger partial charge on any atom is -0.313 e. The number of halogens is 4. The third-order valence-electron chi connectivity index (χ3n) is 1.42. The van der Waals surface area contributed by atoms with Gasteiger partial charge in [-0.1, -0.05) is 0 Å². The van der Waals surface area contributed by atoms with Gasteiger partial charge in [0.25, 0.3) is 5.92 Å². The Labute approximate surface area is 63.4 Å². The molecule has 0 aromatic carbocycles. The molecular weight excluding hydrogens is 167 g/mol. The maximum atomic E-state index is 12.2. The summed E-state index contributed by atoms with van der Waals surface area (Å²) >= 11 is 0. The number of hydrogen-bond donors (Lipinski definition) is 1. The lowest BCUT2D eigenvalue weighted by molar-refractivity contribution is -0.0896. The van der Waals surface area contributed by atoms with Gasteiger partial charge in [0.2, 0.25) is 0 Å². The van der Waals surface area contributed by atoms with Crippen LogP contribution in [0, 0.1) is 0 Å². The van der Waals surface area contributed by atoms with Gasteiger partial charge in [-0.2, -0.15) is 0 Å². The first-order valence-corrected chi connectivity index (χ1v) is 2.85. The van der Waals surface area contributed by atoms with E-state index < -0.39 is 12.1 Å². The van der Waals surface area contributed by atoms with Crippen molar-refractivity contribution in [2.24, 2.45) is 0 Å². The van der Waals surface area contributed by atoms with Crippen LogP contribution >= 0.6 is 12.4 Å². The minimum absolute atomic E-state index is 0. The summed E-state index contributed by atoms with van der Waals surface area (Å²) in [5.41, 5.74) is 0. The van der Waals surface area contributed by atoms with E-state index in [-0.39, 0.29) is 31.9 Å². The Morgan fingerprint density at radius 3 is 2.30 bits per heavy atom. The molecule has 10 heavy (non-hydrogen) atoms. The predicted octanol–water partition coefficient (Wildman–Crippen LogP) is 1.37. The largest absolute Gasteiger partial charge is 0.313 e. The van der Waals surface area contributed by atoms with Crippen molar-refractivity contribution in [3.63, 3.8) is 0 Å². The summed E-state index contributed by atoms with van der Waals surface area (Å²) in [5, 5.41) is 2.54. The van der Waals surface area contributed by atoms with Crippen LogP contribution in [0.2, 0.25) is 0 Å². The van der Waals surface area contributed by atoms with E-state index in [0.717, 1.165) is 0 Å². The highest BCUT2D eigenvalue weighted by atomic mass is 35.5. The second-order valence-corrected chi connectivity index (χ2v) is 2.18. The predicted molar refractivity (Wildman–Crippen MR) is 34.6 cm³/mol. The number of rotatable bonds is 0. The first-order valence-electron chi connectivity index (χ1n) is 2.85. The molecule has 1 saturated heterocycles. The van der Waals surface area contributed by atoms with Gasteiger partial charge >= 0.3 is 0 Å². The molecule has 0 spiro atoms. The highest BCUT2D eigenvalue weighted by Crippen LogP contribution is 2.26. The Kier molecular flexibility index (Phi) is 3.45. The van der Waals surface area contributed by atoms with Crippen LogP contribution in [-0.4, -0.2) is 25.2 Å². The van der Waals surface area contributed by atoms with Crippen LogP contribution < -0.4 is 5.32 Å². The molecular formula is C5H9ClF3N. The van der Waals surface area contributed by atoms with Gasteiger partial charge in [0.05, 0.1) is 0 Å². The first-order chi connectivity index (χ1) is 4.13. The van der Waals surface area contributed by atoms with Crippen molar-refractivity contribution < 1.29 is 13.2 Å². The summed E-state index contributed by atoms with van der Waals surface area (Å²) in [7, 11) is 0. The molecule has 0 radical (unpaired) electrons. The standard InChI is InChI=1S/C5H8F3N.ClH/c6-4-3-9-2-1-5(4,7)8;/h4,9H,1-3H2;1H. The van der Waals surface area contributed by atoms with Crippen molar-refractivity contribution in [1.82, 2.24) is 5.32 Å². The van der Waals surface area contributed by atoms with E-state index in [2.05, 4.69) is 5.32 Å². The van der Waals surface area contributed by atoms with Gasteiger partial charge in [0.15, 0.2) is 6.17 Å². The highest BCUT2D eigenvalue weighted by Gasteiger charge is 2.41. The summed E-state index contributed by atoms with van der Waals surface area (Å²) in [5.74, 6) is -3.09. The number of piperidine rings is 1. The average Bonchev–Trinajstić information content (AvgIpc) is 1.77. The molecule has 1 heterocycles. The molecule has 1 nitrogen and oxygen atoms in total. The Bertz CT molecular complexity index is 109. The fourth-order valence-electron chi connectivity index (χ4n) is 0.790. The third-order valence-corrected chi connectivity index (χ3v) is 1.42. The SMILES string of the molecule is Cl.FC1CNCCC1(F)F. The molecule has 1 aliphatic heterocycles. The zero-order chi connectivity index (χ0) is 6.91. The molecule has 0 saturated carbocycles. The molecule has 0 aromatic rings. The normalized spacial score (nSPS) is 30.9. The van der Waals surface area contributed by atoms with Crippen LogP contribution in [0.1, 0.15) is 6.42 Å². The molecule has 1 unspecified atom stereocenters. The number of nitrogens with one attached hydrogen (secondary N) is 1. The van der Waals surface area contributed by atoms with Gasteiger partial charge in [0, 0.05) is 19.5 Å². The third kappa shape index (κ3) is 2.02. The fourth-order valence-corrected chi connectivity index (χ4v) is 0.790.